The SMILES string of the molecule is COc1ccc(/C(=C\C(=O)O)c2cc(C)cc(Cl)c2)cc1. The molecule has 0 radical (unpaired) electrons. The van der Waals surface area contributed by atoms with Gasteiger partial charge in [0.2, 0.25) is 0 Å². The third kappa shape index (κ3) is 3.86. The molecule has 2 aromatic carbocycles. The van der Waals surface area contributed by atoms with Crippen molar-refractivity contribution >= 4 is 23.1 Å². The molecular weight excluding hydrogens is 288 g/mol. The number of aliphatic carboxylic acids is 1. The lowest BCUT2D eigenvalue weighted by Gasteiger charge is -2.10. The summed E-state index contributed by atoms with van der Waals surface area (Å²) in [6, 6.07) is 12.7. The van der Waals surface area contributed by atoms with E-state index in [9.17, 15) is 4.79 Å². The van der Waals surface area contributed by atoms with E-state index in [1.54, 1.807) is 25.3 Å². The van der Waals surface area contributed by atoms with Gasteiger partial charge in [0.15, 0.2) is 0 Å². The van der Waals surface area contributed by atoms with Crippen LogP contribution in [0.15, 0.2) is 48.5 Å². The van der Waals surface area contributed by atoms with Gasteiger partial charge < -0.3 is 9.84 Å². The van der Waals surface area contributed by atoms with Crippen LogP contribution in [0.1, 0.15) is 16.7 Å². The van der Waals surface area contributed by atoms with Gasteiger partial charge >= 0.3 is 5.97 Å². The van der Waals surface area contributed by atoms with E-state index in [0.29, 0.717) is 10.6 Å². The highest BCUT2D eigenvalue weighted by molar-refractivity contribution is 6.30. The Balaban J connectivity index is 2.55. The van der Waals surface area contributed by atoms with Gasteiger partial charge in [-0.1, -0.05) is 29.8 Å². The number of benzene rings is 2. The zero-order valence-electron chi connectivity index (χ0n) is 11.8. The fourth-order valence-electron chi connectivity index (χ4n) is 2.12. The predicted molar refractivity (Wildman–Crippen MR) is 83.9 cm³/mol. The Morgan fingerprint density at radius 3 is 2.33 bits per heavy atom. The van der Waals surface area contributed by atoms with Gasteiger partial charge in [-0.15, -0.1) is 0 Å². The third-order valence-electron chi connectivity index (χ3n) is 3.02. The number of rotatable bonds is 4. The smallest absolute Gasteiger partial charge is 0.328 e. The molecule has 0 aliphatic heterocycles. The Morgan fingerprint density at radius 1 is 1.14 bits per heavy atom. The molecule has 4 heteroatoms. The van der Waals surface area contributed by atoms with E-state index >= 15 is 0 Å². The molecule has 0 atom stereocenters. The summed E-state index contributed by atoms with van der Waals surface area (Å²) in [5, 5.41) is 9.69. The van der Waals surface area contributed by atoms with Crippen LogP contribution in [-0.2, 0) is 4.79 Å². The summed E-state index contributed by atoms with van der Waals surface area (Å²) in [5.41, 5.74) is 3.14. The first-order chi connectivity index (χ1) is 9.99. The van der Waals surface area contributed by atoms with Crippen LogP contribution in [0.3, 0.4) is 0 Å². The van der Waals surface area contributed by atoms with Crippen molar-refractivity contribution < 1.29 is 14.6 Å². The molecule has 1 N–H and O–H groups in total. The quantitative estimate of drug-likeness (QED) is 0.862. The van der Waals surface area contributed by atoms with E-state index in [1.807, 2.05) is 31.2 Å². The fourth-order valence-corrected chi connectivity index (χ4v) is 2.41. The lowest BCUT2D eigenvalue weighted by molar-refractivity contribution is -0.131. The first kappa shape index (κ1) is 15.1. The van der Waals surface area contributed by atoms with E-state index in [0.717, 1.165) is 22.4 Å². The largest absolute Gasteiger partial charge is 0.497 e. The number of halogens is 1. The normalized spacial score (nSPS) is 11.3. The Labute approximate surface area is 128 Å². The van der Waals surface area contributed by atoms with E-state index in [-0.39, 0.29) is 0 Å². The Bertz CT molecular complexity index is 667. The highest BCUT2D eigenvalue weighted by atomic mass is 35.5. The molecule has 0 unspecified atom stereocenters. The maximum atomic E-state index is 11.1. The topological polar surface area (TPSA) is 46.5 Å². The van der Waals surface area contributed by atoms with Gasteiger partial charge in [-0.3, -0.25) is 0 Å². The molecule has 2 rings (SSSR count). The molecule has 0 spiro atoms. The van der Waals surface area contributed by atoms with Gasteiger partial charge in [-0.05, 0) is 53.5 Å². The van der Waals surface area contributed by atoms with E-state index < -0.39 is 5.97 Å². The van der Waals surface area contributed by atoms with Crippen molar-refractivity contribution in [3.8, 4) is 5.75 Å². The molecule has 2 aromatic rings. The number of carboxylic acids is 1. The summed E-state index contributed by atoms with van der Waals surface area (Å²) in [7, 11) is 1.59. The van der Waals surface area contributed by atoms with Crippen molar-refractivity contribution in [3.63, 3.8) is 0 Å². The van der Waals surface area contributed by atoms with Crippen molar-refractivity contribution in [3.05, 3.63) is 70.3 Å². The summed E-state index contributed by atoms with van der Waals surface area (Å²) in [6.07, 6.45) is 1.19. The Morgan fingerprint density at radius 2 is 1.81 bits per heavy atom. The zero-order chi connectivity index (χ0) is 15.4. The number of aryl methyl sites for hydroxylation is 1. The van der Waals surface area contributed by atoms with Crippen molar-refractivity contribution in [2.75, 3.05) is 7.11 Å². The Hall–Kier alpha value is -2.26. The second kappa shape index (κ2) is 6.46. The highest BCUT2D eigenvalue weighted by Crippen LogP contribution is 2.28. The van der Waals surface area contributed by atoms with Crippen molar-refractivity contribution in [1.29, 1.82) is 0 Å². The molecule has 0 heterocycles. The van der Waals surface area contributed by atoms with Crippen LogP contribution in [0, 0.1) is 6.92 Å². The minimum absolute atomic E-state index is 0.579. The minimum atomic E-state index is -1.00. The lowest BCUT2D eigenvalue weighted by atomic mass is 9.96. The first-order valence-corrected chi connectivity index (χ1v) is 6.74. The van der Waals surface area contributed by atoms with E-state index in [2.05, 4.69) is 0 Å². The van der Waals surface area contributed by atoms with Gasteiger partial charge in [-0.25, -0.2) is 4.79 Å². The molecule has 0 amide bonds. The lowest BCUT2D eigenvalue weighted by Crippen LogP contribution is -1.96. The average Bonchev–Trinajstić information content (AvgIpc) is 2.43. The molecule has 21 heavy (non-hydrogen) atoms. The predicted octanol–water partition coefficient (Wildman–Crippen LogP) is 4.17. The third-order valence-corrected chi connectivity index (χ3v) is 3.24. The van der Waals surface area contributed by atoms with Gasteiger partial charge in [-0.2, -0.15) is 0 Å². The molecule has 0 fully saturated rings. The number of carbonyl (C=O) groups is 1. The van der Waals surface area contributed by atoms with Crippen LogP contribution in [0.5, 0.6) is 5.75 Å². The summed E-state index contributed by atoms with van der Waals surface area (Å²) in [4.78, 5) is 11.1. The average molecular weight is 303 g/mol. The van der Waals surface area contributed by atoms with E-state index in [4.69, 9.17) is 21.4 Å². The number of ether oxygens (including phenoxy) is 1. The van der Waals surface area contributed by atoms with Crippen LogP contribution in [0.4, 0.5) is 0 Å². The molecular formula is C17H15ClO3. The second-order valence-corrected chi connectivity index (χ2v) is 5.08. The zero-order valence-corrected chi connectivity index (χ0v) is 12.5. The van der Waals surface area contributed by atoms with Crippen LogP contribution < -0.4 is 4.74 Å². The van der Waals surface area contributed by atoms with E-state index in [1.165, 1.54) is 6.08 Å². The van der Waals surface area contributed by atoms with Crippen molar-refractivity contribution in [2.45, 2.75) is 6.92 Å². The second-order valence-electron chi connectivity index (χ2n) is 4.64. The summed E-state index contributed by atoms with van der Waals surface area (Å²) in [6.45, 7) is 1.92. The molecule has 0 saturated heterocycles. The number of hydrogen-bond donors (Lipinski definition) is 1. The molecule has 0 saturated carbocycles. The molecule has 0 bridgehead atoms. The monoisotopic (exact) mass is 302 g/mol. The van der Waals surface area contributed by atoms with Crippen molar-refractivity contribution in [1.82, 2.24) is 0 Å². The summed E-state index contributed by atoms with van der Waals surface area (Å²) in [5.74, 6) is -0.283. The van der Waals surface area contributed by atoms with Crippen LogP contribution in [-0.4, -0.2) is 18.2 Å². The Kier molecular flexibility index (Phi) is 4.66. The standard InChI is InChI=1S/C17H15ClO3/c1-11-7-13(9-14(18)8-11)16(10-17(19)20)12-3-5-15(21-2)6-4-12/h3-10H,1-2H3,(H,19,20)/b16-10+. The fraction of sp³-hybridized carbons (Fsp3) is 0.118. The number of methoxy groups -OCH3 is 1. The molecule has 0 aromatic heterocycles. The maximum Gasteiger partial charge on any atom is 0.328 e. The number of hydrogen-bond acceptors (Lipinski definition) is 2. The molecule has 0 aliphatic carbocycles. The summed E-state index contributed by atoms with van der Waals surface area (Å²) < 4.78 is 5.12. The minimum Gasteiger partial charge on any atom is -0.497 e. The van der Waals surface area contributed by atoms with Crippen LogP contribution in [0.2, 0.25) is 5.02 Å². The van der Waals surface area contributed by atoms with Crippen LogP contribution in [0.25, 0.3) is 5.57 Å². The highest BCUT2D eigenvalue weighted by Gasteiger charge is 2.09. The van der Waals surface area contributed by atoms with Crippen LogP contribution >= 0.6 is 11.6 Å². The van der Waals surface area contributed by atoms with Crippen molar-refractivity contribution in [2.24, 2.45) is 0 Å². The summed E-state index contributed by atoms with van der Waals surface area (Å²) >= 11 is 6.07. The number of carboxylic acid groups (broad SMARTS) is 1. The van der Waals surface area contributed by atoms with Gasteiger partial charge in [0.1, 0.15) is 5.75 Å². The van der Waals surface area contributed by atoms with Gasteiger partial charge in [0.05, 0.1) is 7.11 Å². The van der Waals surface area contributed by atoms with Gasteiger partial charge in [0.25, 0.3) is 0 Å². The van der Waals surface area contributed by atoms with Gasteiger partial charge in [0, 0.05) is 11.1 Å². The molecule has 3 nitrogen and oxygen atoms in total. The first-order valence-electron chi connectivity index (χ1n) is 6.36. The molecule has 0 aliphatic rings. The maximum absolute atomic E-state index is 11.1. The molecule has 108 valence electrons.